The van der Waals surface area contributed by atoms with Crippen molar-refractivity contribution in [3.63, 3.8) is 0 Å². The first kappa shape index (κ1) is 20.2. The predicted octanol–water partition coefficient (Wildman–Crippen LogP) is 4.05. The van der Waals surface area contributed by atoms with E-state index < -0.39 is 5.82 Å². The van der Waals surface area contributed by atoms with Crippen molar-refractivity contribution in [2.45, 2.75) is 38.6 Å². The summed E-state index contributed by atoms with van der Waals surface area (Å²) in [5.74, 6) is -1.06. The van der Waals surface area contributed by atoms with Gasteiger partial charge in [0.05, 0.1) is 11.6 Å². The van der Waals surface area contributed by atoms with Crippen LogP contribution in [0.2, 0.25) is 0 Å². The molecule has 1 unspecified atom stereocenters. The Bertz CT molecular complexity index is 814. The maximum atomic E-state index is 13.7. The number of hydrogen-bond acceptors (Lipinski definition) is 3. The maximum absolute atomic E-state index is 13.7. The molecule has 2 aromatic rings. The number of amides is 1. The fourth-order valence-electron chi connectivity index (χ4n) is 3.65. The highest BCUT2D eigenvalue weighted by molar-refractivity contribution is 5.98. The number of aryl methyl sites for hydroxylation is 1. The number of nitrogens with zero attached hydrogens (tertiary/aromatic N) is 1. The lowest BCUT2D eigenvalue weighted by atomic mass is 10.0. The van der Waals surface area contributed by atoms with Crippen molar-refractivity contribution < 1.29 is 14.0 Å². The van der Waals surface area contributed by atoms with Crippen LogP contribution in [-0.2, 0) is 4.79 Å². The number of halogens is 1. The molecule has 28 heavy (non-hydrogen) atoms. The molecule has 148 valence electrons. The molecule has 0 bridgehead atoms. The molecule has 5 heteroatoms. The van der Waals surface area contributed by atoms with Crippen molar-refractivity contribution in [2.75, 3.05) is 19.6 Å². The van der Waals surface area contributed by atoms with Gasteiger partial charge in [0, 0.05) is 19.4 Å². The van der Waals surface area contributed by atoms with Crippen LogP contribution in [0, 0.1) is 12.7 Å². The second-order valence-electron chi connectivity index (χ2n) is 7.38. The smallest absolute Gasteiger partial charge is 0.220 e. The van der Waals surface area contributed by atoms with Crippen LogP contribution < -0.4 is 5.32 Å². The number of rotatable bonds is 8. The highest BCUT2D eigenvalue weighted by atomic mass is 19.1. The number of hydrogen-bond donors (Lipinski definition) is 1. The fraction of sp³-hybridized carbons (Fsp3) is 0.391. The molecule has 0 spiro atoms. The van der Waals surface area contributed by atoms with Crippen LogP contribution in [0.4, 0.5) is 4.39 Å². The van der Waals surface area contributed by atoms with Crippen LogP contribution in [0.5, 0.6) is 0 Å². The van der Waals surface area contributed by atoms with Crippen LogP contribution in [0.3, 0.4) is 0 Å². The van der Waals surface area contributed by atoms with Gasteiger partial charge in [-0.25, -0.2) is 4.39 Å². The standard InChI is InChI=1S/C23H27FN2O2/c1-17-8-10-18(11-9-17)21(26-14-4-5-15-26)16-25-23(28)13-12-22(27)19-6-2-3-7-20(19)24/h2-3,6-11,21H,4-5,12-16H2,1H3,(H,25,28). The zero-order chi connectivity index (χ0) is 19.9. The van der Waals surface area contributed by atoms with Gasteiger partial charge in [-0.15, -0.1) is 0 Å². The summed E-state index contributed by atoms with van der Waals surface area (Å²) in [5.41, 5.74) is 2.44. The molecule has 1 amide bonds. The van der Waals surface area contributed by atoms with Gasteiger partial charge >= 0.3 is 0 Å². The minimum atomic E-state index is -0.540. The number of Topliss-reactive ketones (excluding diaryl/α,β-unsaturated/α-hetero) is 1. The van der Waals surface area contributed by atoms with Crippen molar-refractivity contribution in [3.8, 4) is 0 Å². The molecular formula is C23H27FN2O2. The minimum absolute atomic E-state index is 0.00563. The molecule has 1 N–H and O–H groups in total. The molecule has 0 saturated carbocycles. The molecule has 1 saturated heterocycles. The van der Waals surface area contributed by atoms with Gasteiger partial charge in [0.1, 0.15) is 5.82 Å². The summed E-state index contributed by atoms with van der Waals surface area (Å²) in [6.45, 7) is 4.62. The van der Waals surface area contributed by atoms with E-state index in [1.165, 1.54) is 36.1 Å². The maximum Gasteiger partial charge on any atom is 0.220 e. The Balaban J connectivity index is 1.55. The third-order valence-corrected chi connectivity index (χ3v) is 5.29. The van der Waals surface area contributed by atoms with Crippen molar-refractivity contribution in [1.82, 2.24) is 10.2 Å². The first-order valence-electron chi connectivity index (χ1n) is 9.89. The van der Waals surface area contributed by atoms with E-state index in [0.29, 0.717) is 6.54 Å². The summed E-state index contributed by atoms with van der Waals surface area (Å²) in [4.78, 5) is 26.8. The Kier molecular flexibility index (Phi) is 6.93. The number of likely N-dealkylation sites (tertiary alicyclic amines) is 1. The third-order valence-electron chi connectivity index (χ3n) is 5.29. The van der Waals surface area contributed by atoms with Crippen LogP contribution in [0.15, 0.2) is 48.5 Å². The molecule has 0 aliphatic carbocycles. The van der Waals surface area contributed by atoms with E-state index in [1.54, 1.807) is 12.1 Å². The Morgan fingerprint density at radius 2 is 1.71 bits per heavy atom. The zero-order valence-corrected chi connectivity index (χ0v) is 16.3. The van der Waals surface area contributed by atoms with Gasteiger partial charge in [-0.05, 0) is 50.6 Å². The van der Waals surface area contributed by atoms with Crippen LogP contribution in [0.25, 0.3) is 0 Å². The summed E-state index contributed by atoms with van der Waals surface area (Å²) in [6, 6.07) is 14.4. The molecule has 1 fully saturated rings. The first-order valence-corrected chi connectivity index (χ1v) is 9.89. The van der Waals surface area contributed by atoms with Gasteiger partial charge in [0.25, 0.3) is 0 Å². The number of ketones is 1. The second kappa shape index (κ2) is 9.60. The lowest BCUT2D eigenvalue weighted by Gasteiger charge is -2.28. The average molecular weight is 382 g/mol. The van der Waals surface area contributed by atoms with E-state index in [2.05, 4.69) is 41.4 Å². The van der Waals surface area contributed by atoms with Crippen molar-refractivity contribution in [1.29, 1.82) is 0 Å². The number of benzene rings is 2. The molecule has 3 rings (SSSR count). The summed E-state index contributed by atoms with van der Waals surface area (Å²) in [7, 11) is 0. The predicted molar refractivity (Wildman–Crippen MR) is 108 cm³/mol. The quantitative estimate of drug-likeness (QED) is 0.701. The molecule has 4 nitrogen and oxygen atoms in total. The fourth-order valence-corrected chi connectivity index (χ4v) is 3.65. The van der Waals surface area contributed by atoms with Gasteiger partial charge < -0.3 is 5.32 Å². The molecule has 1 atom stereocenters. The summed E-state index contributed by atoms with van der Waals surface area (Å²) < 4.78 is 13.7. The van der Waals surface area contributed by atoms with Crippen molar-refractivity contribution in [3.05, 3.63) is 71.0 Å². The number of carbonyl (C=O) groups is 2. The largest absolute Gasteiger partial charge is 0.354 e. The summed E-state index contributed by atoms with van der Waals surface area (Å²) in [6.07, 6.45) is 2.42. The lowest BCUT2D eigenvalue weighted by Crippen LogP contribution is -2.36. The van der Waals surface area contributed by atoms with E-state index in [0.717, 1.165) is 13.1 Å². The molecular weight excluding hydrogens is 355 g/mol. The van der Waals surface area contributed by atoms with E-state index in [9.17, 15) is 14.0 Å². The van der Waals surface area contributed by atoms with E-state index >= 15 is 0 Å². The average Bonchev–Trinajstić information content (AvgIpc) is 3.22. The van der Waals surface area contributed by atoms with Gasteiger partial charge in [0.2, 0.25) is 5.91 Å². The van der Waals surface area contributed by atoms with Gasteiger partial charge in [-0.3, -0.25) is 14.5 Å². The van der Waals surface area contributed by atoms with Crippen molar-refractivity contribution >= 4 is 11.7 Å². The van der Waals surface area contributed by atoms with Gasteiger partial charge in [-0.1, -0.05) is 42.0 Å². The zero-order valence-electron chi connectivity index (χ0n) is 16.3. The molecule has 1 aliphatic rings. The highest BCUT2D eigenvalue weighted by Crippen LogP contribution is 2.25. The SMILES string of the molecule is Cc1ccc(C(CNC(=O)CCC(=O)c2ccccc2F)N2CCCC2)cc1. The second-order valence-corrected chi connectivity index (χ2v) is 7.38. The van der Waals surface area contributed by atoms with E-state index in [1.807, 2.05) is 0 Å². The van der Waals surface area contributed by atoms with Crippen LogP contribution in [-0.4, -0.2) is 36.2 Å². The number of nitrogens with one attached hydrogen (secondary N) is 1. The lowest BCUT2D eigenvalue weighted by molar-refractivity contribution is -0.121. The van der Waals surface area contributed by atoms with E-state index in [-0.39, 0.29) is 36.1 Å². The van der Waals surface area contributed by atoms with Crippen LogP contribution >= 0.6 is 0 Å². The van der Waals surface area contributed by atoms with Gasteiger partial charge in [0.15, 0.2) is 5.78 Å². The minimum Gasteiger partial charge on any atom is -0.354 e. The molecule has 0 radical (unpaired) electrons. The normalized spacial score (nSPS) is 15.4. The molecule has 2 aromatic carbocycles. The summed E-state index contributed by atoms with van der Waals surface area (Å²) >= 11 is 0. The number of carbonyl (C=O) groups excluding carboxylic acids is 2. The first-order chi connectivity index (χ1) is 13.5. The molecule has 0 aromatic heterocycles. The topological polar surface area (TPSA) is 49.4 Å². The van der Waals surface area contributed by atoms with Crippen molar-refractivity contribution in [2.24, 2.45) is 0 Å². The Morgan fingerprint density at radius 3 is 2.39 bits per heavy atom. The van der Waals surface area contributed by atoms with Crippen LogP contribution in [0.1, 0.15) is 53.2 Å². The molecule has 1 heterocycles. The van der Waals surface area contributed by atoms with E-state index in [4.69, 9.17) is 0 Å². The van der Waals surface area contributed by atoms with Gasteiger partial charge in [-0.2, -0.15) is 0 Å². The third kappa shape index (κ3) is 5.26. The Morgan fingerprint density at radius 1 is 1.04 bits per heavy atom. The monoisotopic (exact) mass is 382 g/mol. The Labute approximate surface area is 165 Å². The summed E-state index contributed by atoms with van der Waals surface area (Å²) in [5, 5.41) is 2.97. The highest BCUT2D eigenvalue weighted by Gasteiger charge is 2.24. The Hall–Kier alpha value is -2.53. The molecule has 1 aliphatic heterocycles.